The summed E-state index contributed by atoms with van der Waals surface area (Å²) in [6, 6.07) is -1.34. The lowest BCUT2D eigenvalue weighted by atomic mass is 9.90. The average Bonchev–Trinajstić information content (AvgIpc) is 1.82. The number of ketones is 2. The average molecular weight is 1290 g/mol. The van der Waals surface area contributed by atoms with Gasteiger partial charge in [-0.1, -0.05) is 33.1 Å². The number of aliphatic hydroxyl groups is 7. The van der Waals surface area contributed by atoms with Crippen molar-refractivity contribution in [3.8, 4) is 0 Å². The molecule has 1 aliphatic carbocycles. The lowest BCUT2D eigenvalue weighted by molar-refractivity contribution is -0.282. The molecule has 3 heterocycles. The summed E-state index contributed by atoms with van der Waals surface area (Å²) in [4.78, 5) is 79.1. The van der Waals surface area contributed by atoms with Gasteiger partial charge in [0.25, 0.3) is 0 Å². The molecule has 15 unspecified atom stereocenters. The van der Waals surface area contributed by atoms with E-state index in [-0.39, 0.29) is 113 Å². The molecule has 1 saturated carbocycles. The zero-order valence-electron chi connectivity index (χ0n) is 51.7. The molecule has 0 spiro atoms. The predicted octanol–water partition coefficient (Wildman–Crippen LogP) is 2.99. The Kier molecular flexibility index (Phi) is 35.8. The lowest BCUT2D eigenvalue weighted by Crippen LogP contribution is -2.55. The van der Waals surface area contributed by atoms with Gasteiger partial charge in [0, 0.05) is 108 Å². The van der Waals surface area contributed by atoms with Crippen LogP contribution in [0.2, 0.25) is 0 Å². The summed E-state index contributed by atoms with van der Waals surface area (Å²) in [6.07, 6.45) is -0.418. The number of aliphatic hydroxyl groups excluding tert-OH is 7. The lowest BCUT2D eigenvalue weighted by Gasteiger charge is -2.40. The van der Waals surface area contributed by atoms with E-state index in [2.05, 4.69) is 16.0 Å². The van der Waals surface area contributed by atoms with E-state index in [1.807, 2.05) is 0 Å². The summed E-state index contributed by atoms with van der Waals surface area (Å²) in [6.45, 7) is 6.34. The summed E-state index contributed by atoms with van der Waals surface area (Å²) in [7, 11) is -4.76. The second-order valence-electron chi connectivity index (χ2n) is 23.8. The van der Waals surface area contributed by atoms with Crippen molar-refractivity contribution in [1.82, 2.24) is 20.9 Å². The topological polar surface area (TPSA) is 391 Å². The van der Waals surface area contributed by atoms with Gasteiger partial charge in [-0.3, -0.25) is 33.3 Å². The van der Waals surface area contributed by atoms with Gasteiger partial charge in [0.1, 0.15) is 42.9 Å². The molecule has 4 amide bonds. The number of ether oxygens (including phenoxy) is 4. The minimum absolute atomic E-state index is 0.0180. The van der Waals surface area contributed by atoms with Crippen LogP contribution >= 0.6 is 15.9 Å². The summed E-state index contributed by atoms with van der Waals surface area (Å²) in [5.74, 6) is -2.93. The zero-order chi connectivity index (χ0) is 64.1. The van der Waals surface area contributed by atoms with Crippen LogP contribution in [0.3, 0.4) is 0 Å². The first-order chi connectivity index (χ1) is 41.5. The largest absolute Gasteiger partial charge is 0.697 e. The molecule has 3 aliphatic heterocycles. The van der Waals surface area contributed by atoms with Gasteiger partial charge < -0.3 is 84.6 Å². The fraction of sp³-hybridized carbons (Fsp3) is 0.897. The molecule has 0 aromatic carbocycles. The molecule has 0 radical (unpaired) electrons. The van der Waals surface area contributed by atoms with Crippen molar-refractivity contribution in [2.75, 3.05) is 73.1 Å². The summed E-state index contributed by atoms with van der Waals surface area (Å²) in [5, 5.41) is 78.9. The standard InChI is InChI=1S/C58H102N4O23P2/c1-37-53(72)55(74)48(33-63)83-57(37)79-27-17-13-22-50(69)60-26-16-12-19-45(61-51(70)23-14-18-28-80-58-38(2)54(73)56(75)49(34-64)84-58)47(68)21-9-6-7-11-24-52(71)62-32-42(66)30-41(62)36-81-86(76)85-43-29-40(35-82-87(5,77)78-4)44(31-43)46(67)20-10-8-15-25-59-39(3)65/h37-38,40-45,48-49,53-58,63-64,66,72-75H,6-36H2,1-5H3,(H2-,59,60,61,65,69,70)/p+1/t37?,38?,40-,41?,42+,43?,44?,45-,48?,49?,53?,54?,55?,56?,57?,58?,87?/m0/s1. The van der Waals surface area contributed by atoms with E-state index in [0.717, 1.165) is 12.8 Å². The Bertz CT molecular complexity index is 2150. The Morgan fingerprint density at radius 1 is 0.667 bits per heavy atom. The number of Topliss-reactive ketones (excluding diaryl/α,β-unsaturated/α-hetero) is 2. The summed E-state index contributed by atoms with van der Waals surface area (Å²) >= 11 is 0. The summed E-state index contributed by atoms with van der Waals surface area (Å²) in [5.41, 5.74) is 0. The van der Waals surface area contributed by atoms with E-state index in [4.69, 9.17) is 37.0 Å². The normalized spacial score (nSPS) is 29.5. The van der Waals surface area contributed by atoms with Crippen LogP contribution in [-0.2, 0) is 74.9 Å². The van der Waals surface area contributed by atoms with E-state index in [1.165, 1.54) is 25.6 Å². The fourth-order valence-corrected chi connectivity index (χ4v) is 12.7. The van der Waals surface area contributed by atoms with Crippen molar-refractivity contribution < 1.29 is 111 Å². The minimum atomic E-state index is -3.35. The highest BCUT2D eigenvalue weighted by atomic mass is 31.2. The highest BCUT2D eigenvalue weighted by Crippen LogP contribution is 2.47. The number of β-amino-alcohol motifs (C(OH)–C–C–N with tert-alkyl or cyclic N) is 1. The molecule has 27 nitrogen and oxygen atoms in total. The van der Waals surface area contributed by atoms with Crippen LogP contribution in [-0.4, -0.2) is 222 Å². The van der Waals surface area contributed by atoms with Crippen LogP contribution < -0.4 is 16.0 Å². The van der Waals surface area contributed by atoms with Crippen molar-refractivity contribution >= 4 is 51.0 Å². The van der Waals surface area contributed by atoms with Gasteiger partial charge in [0.2, 0.25) is 23.6 Å². The van der Waals surface area contributed by atoms with E-state index in [9.17, 15) is 73.6 Å². The SMILES string of the molecule is COP(C)(=O)OC[C@@H]1CC(O[P+](=O)OCC2C[C@@H](O)CN2C(=O)CCCCCCC(=O)[C@H](CCCCNC(=O)CCCCOC2OC(CO)C(O)C(O)C2C)NC(=O)CCCCOC2OC(CO)C(O)C(O)C2C)CC1C(=O)CCCCCNC(C)=O. The van der Waals surface area contributed by atoms with Gasteiger partial charge in [-0.2, -0.15) is 0 Å². The van der Waals surface area contributed by atoms with Crippen LogP contribution in [0.1, 0.15) is 162 Å². The minimum Gasteiger partial charge on any atom is -0.394 e. The third-order valence-electron chi connectivity index (χ3n) is 16.8. The van der Waals surface area contributed by atoms with Crippen molar-refractivity contribution in [2.45, 2.75) is 236 Å². The highest BCUT2D eigenvalue weighted by molar-refractivity contribution is 7.52. The number of carbonyl (C=O) groups is 6. The molecule has 502 valence electrons. The van der Waals surface area contributed by atoms with Crippen LogP contribution in [0.4, 0.5) is 0 Å². The molecule has 87 heavy (non-hydrogen) atoms. The van der Waals surface area contributed by atoms with Crippen molar-refractivity contribution in [2.24, 2.45) is 23.7 Å². The van der Waals surface area contributed by atoms with Crippen molar-refractivity contribution in [3.05, 3.63) is 0 Å². The summed E-state index contributed by atoms with van der Waals surface area (Å²) < 4.78 is 70.4. The number of hydrogen-bond acceptors (Lipinski definition) is 23. The number of likely N-dealkylation sites (tertiary alicyclic amines) is 1. The molecular formula is C58H103N4O23P2+. The van der Waals surface area contributed by atoms with E-state index >= 15 is 0 Å². The molecule has 29 heteroatoms. The van der Waals surface area contributed by atoms with Gasteiger partial charge in [-0.15, -0.1) is 9.05 Å². The molecule has 3 saturated heterocycles. The number of rotatable bonds is 44. The van der Waals surface area contributed by atoms with Crippen molar-refractivity contribution in [3.63, 3.8) is 0 Å². The third kappa shape index (κ3) is 27.4. The van der Waals surface area contributed by atoms with Crippen molar-refractivity contribution in [1.29, 1.82) is 0 Å². The molecule has 18 atom stereocenters. The fourth-order valence-electron chi connectivity index (χ4n) is 11.3. The van der Waals surface area contributed by atoms with Gasteiger partial charge in [0.05, 0.1) is 50.2 Å². The first-order valence-corrected chi connectivity index (χ1v) is 34.4. The van der Waals surface area contributed by atoms with E-state index in [0.29, 0.717) is 103 Å². The molecule has 4 aliphatic rings. The quantitative estimate of drug-likeness (QED) is 0.0310. The van der Waals surface area contributed by atoms with Gasteiger partial charge in [-0.05, 0) is 95.8 Å². The Morgan fingerprint density at radius 2 is 1.22 bits per heavy atom. The Hall–Kier alpha value is -3.05. The number of nitrogens with zero attached hydrogens (tertiary/aromatic N) is 1. The Labute approximate surface area is 513 Å². The number of amides is 4. The first kappa shape index (κ1) is 76.4. The van der Waals surface area contributed by atoms with Crippen LogP contribution in [0.5, 0.6) is 0 Å². The molecule has 4 rings (SSSR count). The highest BCUT2D eigenvalue weighted by Gasteiger charge is 2.46. The smallest absolute Gasteiger partial charge is 0.394 e. The monoisotopic (exact) mass is 1290 g/mol. The van der Waals surface area contributed by atoms with E-state index in [1.54, 1.807) is 13.8 Å². The van der Waals surface area contributed by atoms with Gasteiger partial charge in [-0.25, -0.2) is 0 Å². The second kappa shape index (κ2) is 40.7. The molecule has 0 bridgehead atoms. The zero-order valence-corrected chi connectivity index (χ0v) is 53.5. The number of unbranched alkanes of at least 4 members (excludes halogenated alkanes) is 8. The van der Waals surface area contributed by atoms with Gasteiger partial charge >= 0.3 is 15.9 Å². The Balaban J connectivity index is 1.18. The maximum atomic E-state index is 13.7. The molecular weight excluding hydrogens is 1180 g/mol. The van der Waals surface area contributed by atoms with E-state index < -0.39 is 120 Å². The van der Waals surface area contributed by atoms with Crippen LogP contribution in [0.25, 0.3) is 0 Å². The maximum absolute atomic E-state index is 13.7. The molecule has 0 aromatic rings. The number of hydrogen-bond donors (Lipinski definition) is 10. The van der Waals surface area contributed by atoms with Gasteiger partial charge in [0.15, 0.2) is 18.4 Å². The first-order valence-electron chi connectivity index (χ1n) is 31.3. The second-order valence-corrected chi connectivity index (χ2v) is 26.9. The maximum Gasteiger partial charge on any atom is 0.697 e. The number of nitrogens with one attached hydrogen (secondary N) is 3. The molecule has 0 aromatic heterocycles. The van der Waals surface area contributed by atoms with Crippen LogP contribution in [0.15, 0.2) is 0 Å². The van der Waals surface area contributed by atoms with Crippen LogP contribution in [0, 0.1) is 23.7 Å². The third-order valence-corrected chi connectivity index (χ3v) is 18.9. The predicted molar refractivity (Wildman–Crippen MR) is 314 cm³/mol. The Morgan fingerprint density at radius 3 is 1.82 bits per heavy atom. The number of carbonyl (C=O) groups excluding carboxylic acids is 6. The molecule has 4 fully saturated rings. The molecule has 10 N–H and O–H groups in total.